The number of benzene rings is 2. The summed E-state index contributed by atoms with van der Waals surface area (Å²) in [5.74, 6) is 1.47. The van der Waals surface area contributed by atoms with E-state index in [-0.39, 0.29) is 24.3 Å². The first-order chi connectivity index (χ1) is 15.8. The minimum absolute atomic E-state index is 0.00806. The number of hydrogen-bond acceptors (Lipinski definition) is 3. The maximum atomic E-state index is 13.4. The SMILES string of the molecule is Cc1ccc(CN(CCc2ccccc2)C(=O)CN(CC(C)C)C(=O)c2ccc(Cl)cc2)o1. The van der Waals surface area contributed by atoms with E-state index in [9.17, 15) is 9.59 Å². The average molecular weight is 467 g/mol. The Kier molecular flexibility index (Phi) is 8.72. The first-order valence-electron chi connectivity index (χ1n) is 11.2. The number of carbonyl (C=O) groups is 2. The molecule has 0 radical (unpaired) electrons. The number of nitrogens with zero attached hydrogens (tertiary/aromatic N) is 2. The van der Waals surface area contributed by atoms with Crippen LogP contribution in [0.1, 0.15) is 41.3 Å². The third-order valence-corrected chi connectivity index (χ3v) is 5.55. The quantitative estimate of drug-likeness (QED) is 0.390. The van der Waals surface area contributed by atoms with Crippen molar-refractivity contribution in [2.45, 2.75) is 33.7 Å². The van der Waals surface area contributed by atoms with Crippen LogP contribution < -0.4 is 0 Å². The molecule has 33 heavy (non-hydrogen) atoms. The summed E-state index contributed by atoms with van der Waals surface area (Å²) in [6.07, 6.45) is 0.724. The van der Waals surface area contributed by atoms with E-state index in [1.54, 1.807) is 34.1 Å². The van der Waals surface area contributed by atoms with E-state index < -0.39 is 0 Å². The fourth-order valence-corrected chi connectivity index (χ4v) is 3.78. The minimum Gasteiger partial charge on any atom is -0.464 e. The molecule has 0 atom stereocenters. The van der Waals surface area contributed by atoms with Crippen molar-refractivity contribution in [1.82, 2.24) is 9.80 Å². The lowest BCUT2D eigenvalue weighted by atomic mass is 10.1. The third-order valence-electron chi connectivity index (χ3n) is 5.30. The van der Waals surface area contributed by atoms with Gasteiger partial charge >= 0.3 is 0 Å². The van der Waals surface area contributed by atoms with E-state index in [1.807, 2.05) is 51.1 Å². The Morgan fingerprint density at radius 1 is 0.939 bits per heavy atom. The molecule has 0 bridgehead atoms. The second-order valence-electron chi connectivity index (χ2n) is 8.65. The predicted octanol–water partition coefficient (Wildman–Crippen LogP) is 5.61. The van der Waals surface area contributed by atoms with Gasteiger partial charge in [0.1, 0.15) is 18.1 Å². The highest BCUT2D eigenvalue weighted by Crippen LogP contribution is 2.15. The zero-order valence-corrected chi connectivity index (χ0v) is 20.2. The molecule has 2 amide bonds. The number of furan rings is 1. The monoisotopic (exact) mass is 466 g/mol. The first kappa shape index (κ1) is 24.6. The largest absolute Gasteiger partial charge is 0.464 e. The molecule has 6 heteroatoms. The summed E-state index contributed by atoms with van der Waals surface area (Å²) in [6, 6.07) is 20.6. The van der Waals surface area contributed by atoms with Crippen LogP contribution in [0.5, 0.6) is 0 Å². The summed E-state index contributed by atoms with van der Waals surface area (Å²) in [5.41, 5.74) is 1.67. The molecule has 1 aromatic heterocycles. The van der Waals surface area contributed by atoms with Gasteiger partial charge in [0, 0.05) is 23.7 Å². The van der Waals surface area contributed by atoms with Crippen LogP contribution in [0, 0.1) is 12.8 Å². The molecule has 0 saturated heterocycles. The lowest BCUT2D eigenvalue weighted by Gasteiger charge is -2.28. The molecule has 174 valence electrons. The van der Waals surface area contributed by atoms with Gasteiger partial charge in [-0.05, 0) is 61.2 Å². The Labute approximate surface area is 201 Å². The van der Waals surface area contributed by atoms with Gasteiger partial charge < -0.3 is 14.2 Å². The molecule has 0 fully saturated rings. The van der Waals surface area contributed by atoms with Crippen molar-refractivity contribution in [1.29, 1.82) is 0 Å². The Morgan fingerprint density at radius 3 is 2.24 bits per heavy atom. The summed E-state index contributed by atoms with van der Waals surface area (Å²) in [4.78, 5) is 30.0. The lowest BCUT2D eigenvalue weighted by Crippen LogP contribution is -2.44. The maximum absolute atomic E-state index is 13.4. The fraction of sp³-hybridized carbons (Fsp3) is 0.333. The van der Waals surface area contributed by atoms with Crippen molar-refractivity contribution in [3.05, 3.63) is 94.4 Å². The second kappa shape index (κ2) is 11.7. The molecule has 0 saturated carbocycles. The molecule has 1 heterocycles. The van der Waals surface area contributed by atoms with Crippen molar-refractivity contribution in [2.75, 3.05) is 19.6 Å². The smallest absolute Gasteiger partial charge is 0.254 e. The number of carbonyl (C=O) groups excluding carboxylic acids is 2. The van der Waals surface area contributed by atoms with E-state index in [4.69, 9.17) is 16.0 Å². The number of aryl methyl sites for hydroxylation is 1. The minimum atomic E-state index is -0.175. The molecular formula is C27H31ClN2O3. The third kappa shape index (κ3) is 7.50. The van der Waals surface area contributed by atoms with Crippen molar-refractivity contribution >= 4 is 23.4 Å². The maximum Gasteiger partial charge on any atom is 0.254 e. The van der Waals surface area contributed by atoms with Gasteiger partial charge in [-0.3, -0.25) is 9.59 Å². The van der Waals surface area contributed by atoms with Gasteiger partial charge in [0.2, 0.25) is 5.91 Å². The van der Waals surface area contributed by atoms with Crippen molar-refractivity contribution in [3.63, 3.8) is 0 Å². The first-order valence-corrected chi connectivity index (χ1v) is 11.6. The Bertz CT molecular complexity index is 1040. The van der Waals surface area contributed by atoms with E-state index in [2.05, 4.69) is 12.1 Å². The van der Waals surface area contributed by atoms with Crippen LogP contribution in [0.4, 0.5) is 0 Å². The van der Waals surface area contributed by atoms with Gasteiger partial charge in [0.05, 0.1) is 6.54 Å². The van der Waals surface area contributed by atoms with Crippen LogP contribution in [0.3, 0.4) is 0 Å². The molecule has 3 aromatic rings. The van der Waals surface area contributed by atoms with Gasteiger partial charge in [0.25, 0.3) is 5.91 Å². The van der Waals surface area contributed by atoms with Gasteiger partial charge in [-0.25, -0.2) is 0 Å². The summed E-state index contributed by atoms with van der Waals surface area (Å²) in [7, 11) is 0. The summed E-state index contributed by atoms with van der Waals surface area (Å²) in [6.45, 7) is 7.34. The van der Waals surface area contributed by atoms with Gasteiger partial charge in [-0.2, -0.15) is 0 Å². The zero-order valence-electron chi connectivity index (χ0n) is 19.5. The van der Waals surface area contributed by atoms with Crippen molar-refractivity contribution < 1.29 is 14.0 Å². The van der Waals surface area contributed by atoms with Crippen LogP contribution in [-0.4, -0.2) is 41.2 Å². The van der Waals surface area contributed by atoms with Crippen LogP contribution in [-0.2, 0) is 17.8 Å². The summed E-state index contributed by atoms with van der Waals surface area (Å²) >= 11 is 5.98. The highest BCUT2D eigenvalue weighted by molar-refractivity contribution is 6.30. The van der Waals surface area contributed by atoms with Crippen LogP contribution in [0.15, 0.2) is 71.1 Å². The van der Waals surface area contributed by atoms with Crippen molar-refractivity contribution in [3.8, 4) is 0 Å². The Balaban J connectivity index is 1.77. The highest BCUT2D eigenvalue weighted by Gasteiger charge is 2.24. The van der Waals surface area contributed by atoms with Crippen LogP contribution in [0.25, 0.3) is 0 Å². The number of hydrogen-bond donors (Lipinski definition) is 0. The zero-order chi connectivity index (χ0) is 23.8. The molecule has 0 aliphatic rings. The number of amides is 2. The fourth-order valence-electron chi connectivity index (χ4n) is 3.66. The lowest BCUT2D eigenvalue weighted by molar-refractivity contribution is -0.132. The van der Waals surface area contributed by atoms with Crippen LogP contribution >= 0.6 is 11.6 Å². The molecule has 3 rings (SSSR count). The van der Waals surface area contributed by atoms with E-state index in [1.165, 1.54) is 0 Å². The highest BCUT2D eigenvalue weighted by atomic mass is 35.5. The second-order valence-corrected chi connectivity index (χ2v) is 9.09. The standard InChI is InChI=1S/C27H31ClN2O3/c1-20(2)17-30(27(32)23-10-12-24(28)13-11-23)19-26(31)29(18-25-14-9-21(3)33-25)16-15-22-7-5-4-6-8-22/h4-14,20H,15-19H2,1-3H3. The molecular weight excluding hydrogens is 436 g/mol. The molecule has 0 spiro atoms. The molecule has 2 aromatic carbocycles. The number of halogens is 1. The topological polar surface area (TPSA) is 53.8 Å². The van der Waals surface area contributed by atoms with Gasteiger partial charge in [-0.15, -0.1) is 0 Å². The normalized spacial score (nSPS) is 10.9. The van der Waals surface area contributed by atoms with E-state index >= 15 is 0 Å². The molecule has 0 unspecified atom stereocenters. The van der Waals surface area contributed by atoms with Gasteiger partial charge in [-0.1, -0.05) is 55.8 Å². The van der Waals surface area contributed by atoms with Crippen molar-refractivity contribution in [2.24, 2.45) is 5.92 Å². The summed E-state index contributed by atoms with van der Waals surface area (Å²) in [5, 5.41) is 0.568. The number of rotatable bonds is 10. The summed E-state index contributed by atoms with van der Waals surface area (Å²) < 4.78 is 5.73. The molecule has 0 N–H and O–H groups in total. The predicted molar refractivity (Wildman–Crippen MR) is 131 cm³/mol. The average Bonchev–Trinajstić information content (AvgIpc) is 3.21. The van der Waals surface area contributed by atoms with E-state index in [0.717, 1.165) is 23.5 Å². The molecule has 5 nitrogen and oxygen atoms in total. The Morgan fingerprint density at radius 2 is 1.64 bits per heavy atom. The van der Waals surface area contributed by atoms with Crippen LogP contribution in [0.2, 0.25) is 5.02 Å². The van der Waals surface area contributed by atoms with Gasteiger partial charge in [0.15, 0.2) is 0 Å². The Hall–Kier alpha value is -3.05. The molecule has 0 aliphatic heterocycles. The molecule has 0 aliphatic carbocycles. The van der Waals surface area contributed by atoms with E-state index in [0.29, 0.717) is 30.2 Å².